The summed E-state index contributed by atoms with van der Waals surface area (Å²) in [4.78, 5) is 24.1. The molecule has 33 heavy (non-hydrogen) atoms. The van der Waals surface area contributed by atoms with E-state index in [2.05, 4.69) is 10.6 Å². The van der Waals surface area contributed by atoms with Crippen molar-refractivity contribution in [3.05, 3.63) is 84.4 Å². The molecule has 0 saturated heterocycles. The van der Waals surface area contributed by atoms with Gasteiger partial charge in [0.15, 0.2) is 6.61 Å². The molecule has 0 atom stereocenters. The Morgan fingerprint density at radius 2 is 1.55 bits per heavy atom. The van der Waals surface area contributed by atoms with Crippen molar-refractivity contribution >= 4 is 33.2 Å². The fourth-order valence-electron chi connectivity index (χ4n) is 2.95. The minimum absolute atomic E-state index is 0.0824. The fraction of sp³-hybridized carbons (Fsp3) is 0.167. The standard InChI is InChI=1S/C24H25N3O5S/c1-3-25-23(28)17-32-21-13-11-19(12-14-21)26-24(29)18-9-15-22(16-10-18)33(30,31)27(2)20-7-5-4-6-8-20/h4-16H,3,17H2,1-2H3,(H,25,28)(H,26,29). The van der Waals surface area contributed by atoms with Crippen LogP contribution in [0.15, 0.2) is 83.8 Å². The number of nitrogens with one attached hydrogen (secondary N) is 2. The highest BCUT2D eigenvalue weighted by Crippen LogP contribution is 2.22. The summed E-state index contributed by atoms with van der Waals surface area (Å²) in [7, 11) is -2.27. The zero-order valence-electron chi connectivity index (χ0n) is 18.3. The first-order valence-corrected chi connectivity index (χ1v) is 11.7. The lowest BCUT2D eigenvalue weighted by atomic mass is 10.2. The summed E-state index contributed by atoms with van der Waals surface area (Å²) < 4.78 is 32.3. The summed E-state index contributed by atoms with van der Waals surface area (Å²) >= 11 is 0. The van der Waals surface area contributed by atoms with E-state index < -0.39 is 10.0 Å². The Kier molecular flexibility index (Phi) is 7.68. The third-order valence-electron chi connectivity index (χ3n) is 4.75. The number of anilines is 2. The van der Waals surface area contributed by atoms with Crippen molar-refractivity contribution in [1.82, 2.24) is 5.32 Å². The number of benzene rings is 3. The minimum atomic E-state index is -3.75. The van der Waals surface area contributed by atoms with E-state index in [-0.39, 0.29) is 23.3 Å². The highest BCUT2D eigenvalue weighted by atomic mass is 32.2. The second kappa shape index (κ2) is 10.6. The highest BCUT2D eigenvalue weighted by molar-refractivity contribution is 7.92. The average Bonchev–Trinajstić information content (AvgIpc) is 2.84. The van der Waals surface area contributed by atoms with Crippen molar-refractivity contribution in [2.75, 3.05) is 29.8 Å². The van der Waals surface area contributed by atoms with Crippen molar-refractivity contribution in [3.8, 4) is 5.75 Å². The van der Waals surface area contributed by atoms with Gasteiger partial charge >= 0.3 is 0 Å². The van der Waals surface area contributed by atoms with E-state index in [4.69, 9.17) is 4.74 Å². The topological polar surface area (TPSA) is 105 Å². The molecule has 9 heteroatoms. The second-order valence-corrected chi connectivity index (χ2v) is 9.02. The average molecular weight is 468 g/mol. The van der Waals surface area contributed by atoms with Crippen molar-refractivity contribution in [1.29, 1.82) is 0 Å². The SMILES string of the molecule is CCNC(=O)COc1ccc(NC(=O)c2ccc(S(=O)(=O)N(C)c3ccccc3)cc2)cc1. The number of hydrogen-bond donors (Lipinski definition) is 2. The summed E-state index contributed by atoms with van der Waals surface area (Å²) in [5.41, 5.74) is 1.39. The van der Waals surface area contributed by atoms with Crippen molar-refractivity contribution in [2.45, 2.75) is 11.8 Å². The molecule has 0 radical (unpaired) electrons. The zero-order valence-corrected chi connectivity index (χ0v) is 19.1. The number of para-hydroxylation sites is 1. The van der Waals surface area contributed by atoms with E-state index >= 15 is 0 Å². The van der Waals surface area contributed by atoms with Gasteiger partial charge in [0.2, 0.25) is 0 Å². The molecular weight excluding hydrogens is 442 g/mol. The lowest BCUT2D eigenvalue weighted by Gasteiger charge is -2.19. The molecule has 2 amide bonds. The first-order chi connectivity index (χ1) is 15.8. The van der Waals surface area contributed by atoms with Gasteiger partial charge in [-0.05, 0) is 67.6 Å². The van der Waals surface area contributed by atoms with Gasteiger partial charge in [0.1, 0.15) is 5.75 Å². The molecule has 0 aliphatic heterocycles. The Morgan fingerprint density at radius 3 is 2.15 bits per heavy atom. The third-order valence-corrected chi connectivity index (χ3v) is 6.55. The zero-order chi connectivity index (χ0) is 23.8. The van der Waals surface area contributed by atoms with Gasteiger partial charge in [0.25, 0.3) is 21.8 Å². The molecular formula is C24H25N3O5S. The molecule has 8 nitrogen and oxygen atoms in total. The first-order valence-electron chi connectivity index (χ1n) is 10.3. The second-order valence-electron chi connectivity index (χ2n) is 7.05. The maximum absolute atomic E-state index is 12.9. The summed E-state index contributed by atoms with van der Waals surface area (Å²) in [5.74, 6) is -0.0991. The highest BCUT2D eigenvalue weighted by Gasteiger charge is 2.21. The van der Waals surface area contributed by atoms with Crippen LogP contribution in [0.1, 0.15) is 17.3 Å². The van der Waals surface area contributed by atoms with E-state index in [1.807, 2.05) is 13.0 Å². The van der Waals surface area contributed by atoms with Gasteiger partial charge in [-0.3, -0.25) is 13.9 Å². The van der Waals surface area contributed by atoms with E-state index in [1.165, 1.54) is 35.6 Å². The summed E-state index contributed by atoms with van der Waals surface area (Å²) in [6.07, 6.45) is 0. The molecule has 172 valence electrons. The maximum Gasteiger partial charge on any atom is 0.264 e. The Bertz CT molecular complexity index is 1200. The monoisotopic (exact) mass is 467 g/mol. The van der Waals surface area contributed by atoms with Crippen LogP contribution in [0.2, 0.25) is 0 Å². The van der Waals surface area contributed by atoms with Crippen LogP contribution in [0.3, 0.4) is 0 Å². The number of likely N-dealkylation sites (N-methyl/N-ethyl adjacent to an activating group) is 1. The quantitative estimate of drug-likeness (QED) is 0.503. The number of nitrogens with zero attached hydrogens (tertiary/aromatic N) is 1. The molecule has 2 N–H and O–H groups in total. The van der Waals surface area contributed by atoms with Crippen molar-refractivity contribution in [3.63, 3.8) is 0 Å². The smallest absolute Gasteiger partial charge is 0.264 e. The Morgan fingerprint density at radius 1 is 0.909 bits per heavy atom. The van der Waals surface area contributed by atoms with Crippen molar-refractivity contribution in [2.24, 2.45) is 0 Å². The van der Waals surface area contributed by atoms with E-state index in [9.17, 15) is 18.0 Å². The largest absolute Gasteiger partial charge is 0.484 e. The molecule has 3 rings (SSSR count). The normalized spacial score (nSPS) is 10.8. The summed E-state index contributed by atoms with van der Waals surface area (Å²) in [5, 5.41) is 5.38. The molecule has 3 aromatic rings. The van der Waals surface area contributed by atoms with Crippen LogP contribution in [0, 0.1) is 0 Å². The van der Waals surface area contributed by atoms with Crippen LogP contribution in [0.5, 0.6) is 5.75 Å². The Balaban J connectivity index is 1.63. The Hall–Kier alpha value is -3.85. The van der Waals surface area contributed by atoms with E-state index in [0.29, 0.717) is 29.2 Å². The number of carbonyl (C=O) groups is 2. The van der Waals surface area contributed by atoms with Crippen LogP contribution in [0.4, 0.5) is 11.4 Å². The molecule has 0 fully saturated rings. The van der Waals surface area contributed by atoms with Gasteiger partial charge in [-0.15, -0.1) is 0 Å². The number of ether oxygens (including phenoxy) is 1. The predicted molar refractivity (Wildman–Crippen MR) is 127 cm³/mol. The Labute approximate surface area is 193 Å². The number of sulfonamides is 1. The number of hydrogen-bond acceptors (Lipinski definition) is 5. The van der Waals surface area contributed by atoms with Gasteiger partial charge in [0.05, 0.1) is 10.6 Å². The van der Waals surface area contributed by atoms with Crippen molar-refractivity contribution < 1.29 is 22.7 Å². The number of amides is 2. The number of carbonyl (C=O) groups excluding carboxylic acids is 2. The fourth-order valence-corrected chi connectivity index (χ4v) is 4.14. The lowest BCUT2D eigenvalue weighted by Crippen LogP contribution is -2.28. The van der Waals surface area contributed by atoms with Crippen LogP contribution in [0.25, 0.3) is 0 Å². The minimum Gasteiger partial charge on any atom is -0.484 e. The molecule has 0 aromatic heterocycles. The number of rotatable bonds is 9. The van der Waals surface area contributed by atoms with Crippen LogP contribution in [-0.2, 0) is 14.8 Å². The molecule has 3 aromatic carbocycles. The molecule has 0 unspecified atom stereocenters. The van der Waals surface area contributed by atoms with E-state index in [0.717, 1.165) is 0 Å². The third kappa shape index (κ3) is 6.11. The summed E-state index contributed by atoms with van der Waals surface area (Å²) in [6, 6.07) is 21.1. The maximum atomic E-state index is 12.9. The molecule has 0 spiro atoms. The van der Waals surface area contributed by atoms with Gasteiger partial charge < -0.3 is 15.4 Å². The van der Waals surface area contributed by atoms with Crippen LogP contribution in [-0.4, -0.2) is 40.4 Å². The van der Waals surface area contributed by atoms with Gasteiger partial charge in [-0.2, -0.15) is 0 Å². The van der Waals surface area contributed by atoms with Gasteiger partial charge in [0, 0.05) is 24.8 Å². The lowest BCUT2D eigenvalue weighted by molar-refractivity contribution is -0.122. The van der Waals surface area contributed by atoms with Crippen LogP contribution >= 0.6 is 0 Å². The molecule has 0 aliphatic carbocycles. The molecule has 0 heterocycles. The van der Waals surface area contributed by atoms with Crippen LogP contribution < -0.4 is 19.7 Å². The molecule has 0 saturated carbocycles. The van der Waals surface area contributed by atoms with E-state index in [1.54, 1.807) is 48.5 Å². The molecule has 0 aliphatic rings. The molecule has 0 bridgehead atoms. The van der Waals surface area contributed by atoms with Gasteiger partial charge in [-0.25, -0.2) is 8.42 Å². The van der Waals surface area contributed by atoms with Gasteiger partial charge in [-0.1, -0.05) is 18.2 Å². The first kappa shape index (κ1) is 23.8. The predicted octanol–water partition coefficient (Wildman–Crippen LogP) is 3.28. The summed E-state index contributed by atoms with van der Waals surface area (Å²) in [6.45, 7) is 2.27.